The summed E-state index contributed by atoms with van der Waals surface area (Å²) in [4.78, 5) is 40.5. The molecule has 1 aromatic heterocycles. The molecule has 1 atom stereocenters. The van der Waals surface area contributed by atoms with E-state index in [0.29, 0.717) is 25.2 Å². The second-order valence-electron chi connectivity index (χ2n) is 7.77. The minimum Gasteiger partial charge on any atom is -0.342 e. The lowest BCUT2D eigenvalue weighted by Gasteiger charge is -2.35. The zero-order valence-corrected chi connectivity index (χ0v) is 17.5. The fourth-order valence-corrected chi connectivity index (χ4v) is 4.25. The van der Waals surface area contributed by atoms with Gasteiger partial charge in [-0.2, -0.15) is 0 Å². The van der Waals surface area contributed by atoms with Gasteiger partial charge in [-0.1, -0.05) is 6.42 Å². The first kappa shape index (κ1) is 20.7. The molecule has 28 heavy (non-hydrogen) atoms. The van der Waals surface area contributed by atoms with Crippen LogP contribution in [0.2, 0.25) is 0 Å². The van der Waals surface area contributed by atoms with Gasteiger partial charge in [-0.25, -0.2) is 9.97 Å². The average molecular weight is 388 g/mol. The Balaban J connectivity index is 1.75. The van der Waals surface area contributed by atoms with Gasteiger partial charge in [0.2, 0.25) is 5.91 Å². The molecule has 2 fully saturated rings. The molecule has 2 aliphatic heterocycles. The highest BCUT2D eigenvalue weighted by molar-refractivity contribution is 5.94. The Bertz CT molecular complexity index is 698. The number of carbonyl (C=O) groups excluding carboxylic acids is 2. The van der Waals surface area contributed by atoms with Crippen molar-refractivity contribution in [1.29, 1.82) is 0 Å². The highest BCUT2D eigenvalue weighted by atomic mass is 16.2. The summed E-state index contributed by atoms with van der Waals surface area (Å²) in [5, 5.41) is 0. The van der Waals surface area contributed by atoms with Crippen molar-refractivity contribution in [3.63, 3.8) is 0 Å². The van der Waals surface area contributed by atoms with E-state index in [-0.39, 0.29) is 17.9 Å². The third-order valence-corrected chi connectivity index (χ3v) is 5.99. The second kappa shape index (κ2) is 9.45. The van der Waals surface area contributed by atoms with Crippen LogP contribution < -0.4 is 0 Å². The van der Waals surface area contributed by atoms with Gasteiger partial charge >= 0.3 is 0 Å². The van der Waals surface area contributed by atoms with E-state index in [4.69, 9.17) is 4.98 Å². The quantitative estimate of drug-likeness (QED) is 0.750. The van der Waals surface area contributed by atoms with E-state index in [1.54, 1.807) is 11.1 Å². The Kier molecular flexibility index (Phi) is 6.99. The Labute approximate surface area is 168 Å². The van der Waals surface area contributed by atoms with E-state index in [2.05, 4.69) is 9.88 Å². The number of hydrogen-bond donors (Lipinski definition) is 0. The van der Waals surface area contributed by atoms with E-state index >= 15 is 0 Å². The van der Waals surface area contributed by atoms with Crippen LogP contribution in [0.4, 0.5) is 0 Å². The number of aryl methyl sites for hydroxylation is 1. The standard InChI is InChI=1S/C21H33N5O2/c1-4-24(5-2)21(28)17-14-22-20(23-16(17)3)18-10-6-7-13-26(18)15-19(27)25-11-8-9-12-25/h14,18H,4-13,15H2,1-3H3. The summed E-state index contributed by atoms with van der Waals surface area (Å²) >= 11 is 0. The van der Waals surface area contributed by atoms with E-state index < -0.39 is 0 Å². The smallest absolute Gasteiger partial charge is 0.257 e. The number of nitrogens with zero attached hydrogens (tertiary/aromatic N) is 5. The fraction of sp³-hybridized carbons (Fsp3) is 0.714. The van der Waals surface area contributed by atoms with E-state index in [1.807, 2.05) is 25.7 Å². The number of aromatic nitrogens is 2. The number of rotatable bonds is 6. The van der Waals surface area contributed by atoms with E-state index in [0.717, 1.165) is 63.3 Å². The van der Waals surface area contributed by atoms with Crippen LogP contribution in [0.15, 0.2) is 6.20 Å². The monoisotopic (exact) mass is 387 g/mol. The van der Waals surface area contributed by atoms with Crippen molar-refractivity contribution in [1.82, 2.24) is 24.7 Å². The maximum absolute atomic E-state index is 12.7. The van der Waals surface area contributed by atoms with Crippen molar-refractivity contribution >= 4 is 11.8 Å². The fourth-order valence-electron chi connectivity index (χ4n) is 4.25. The van der Waals surface area contributed by atoms with Crippen molar-refractivity contribution in [3.05, 3.63) is 23.3 Å². The first-order valence-electron chi connectivity index (χ1n) is 10.7. The largest absolute Gasteiger partial charge is 0.342 e. The van der Waals surface area contributed by atoms with Crippen LogP contribution in [0.1, 0.15) is 73.9 Å². The predicted octanol–water partition coefficient (Wildman–Crippen LogP) is 2.42. The van der Waals surface area contributed by atoms with Crippen LogP contribution in [0.25, 0.3) is 0 Å². The van der Waals surface area contributed by atoms with Gasteiger partial charge in [0.15, 0.2) is 0 Å². The molecule has 1 unspecified atom stereocenters. The molecule has 2 saturated heterocycles. The molecule has 154 valence electrons. The van der Waals surface area contributed by atoms with Gasteiger partial charge in [0, 0.05) is 32.4 Å². The summed E-state index contributed by atoms with van der Waals surface area (Å²) < 4.78 is 0. The van der Waals surface area contributed by atoms with Gasteiger partial charge in [-0.3, -0.25) is 14.5 Å². The van der Waals surface area contributed by atoms with Gasteiger partial charge in [-0.05, 0) is 53.0 Å². The van der Waals surface area contributed by atoms with Crippen LogP contribution in [-0.2, 0) is 4.79 Å². The molecule has 0 aliphatic carbocycles. The minimum absolute atomic E-state index is 0.0150. The summed E-state index contributed by atoms with van der Waals surface area (Å²) in [6, 6.07) is 0.0524. The van der Waals surface area contributed by atoms with Crippen molar-refractivity contribution < 1.29 is 9.59 Å². The van der Waals surface area contributed by atoms with Crippen LogP contribution in [0.5, 0.6) is 0 Å². The molecule has 7 heteroatoms. The number of hydrogen-bond acceptors (Lipinski definition) is 5. The highest BCUT2D eigenvalue weighted by Gasteiger charge is 2.30. The van der Waals surface area contributed by atoms with Crippen LogP contribution in [0.3, 0.4) is 0 Å². The lowest BCUT2D eigenvalue weighted by molar-refractivity contribution is -0.132. The molecule has 1 aromatic rings. The Morgan fingerprint density at radius 3 is 2.43 bits per heavy atom. The van der Waals surface area contributed by atoms with E-state index in [9.17, 15) is 9.59 Å². The maximum Gasteiger partial charge on any atom is 0.257 e. The first-order valence-corrected chi connectivity index (χ1v) is 10.7. The lowest BCUT2D eigenvalue weighted by atomic mass is 10.0. The number of carbonyl (C=O) groups is 2. The first-order chi connectivity index (χ1) is 13.5. The normalized spacial score (nSPS) is 20.4. The second-order valence-corrected chi connectivity index (χ2v) is 7.77. The lowest BCUT2D eigenvalue weighted by Crippen LogP contribution is -2.43. The molecule has 0 spiro atoms. The van der Waals surface area contributed by atoms with Gasteiger partial charge in [0.25, 0.3) is 5.91 Å². The Morgan fingerprint density at radius 1 is 1.11 bits per heavy atom. The Morgan fingerprint density at radius 2 is 1.79 bits per heavy atom. The van der Waals surface area contributed by atoms with Gasteiger partial charge in [0.05, 0.1) is 23.8 Å². The third kappa shape index (κ3) is 4.51. The molecule has 0 saturated carbocycles. The summed E-state index contributed by atoms with van der Waals surface area (Å²) in [6.07, 6.45) is 7.06. The minimum atomic E-state index is -0.0150. The third-order valence-electron chi connectivity index (χ3n) is 5.99. The predicted molar refractivity (Wildman–Crippen MR) is 108 cm³/mol. The molecule has 3 heterocycles. The number of amides is 2. The summed E-state index contributed by atoms with van der Waals surface area (Å²) in [7, 11) is 0. The van der Waals surface area contributed by atoms with Crippen LogP contribution >= 0.6 is 0 Å². The van der Waals surface area contributed by atoms with Crippen molar-refractivity contribution in [2.45, 2.75) is 58.9 Å². The molecule has 0 aromatic carbocycles. The van der Waals surface area contributed by atoms with E-state index in [1.165, 1.54) is 0 Å². The number of likely N-dealkylation sites (tertiary alicyclic amines) is 2. The number of piperidine rings is 1. The SMILES string of the molecule is CCN(CC)C(=O)c1cnc(C2CCCCN2CC(=O)N2CCCC2)nc1C. The molecular weight excluding hydrogens is 354 g/mol. The molecule has 2 aliphatic rings. The molecular formula is C21H33N5O2. The molecule has 3 rings (SSSR count). The summed E-state index contributed by atoms with van der Waals surface area (Å²) in [5.41, 5.74) is 1.29. The molecule has 0 radical (unpaired) electrons. The van der Waals surface area contributed by atoms with Crippen molar-refractivity contribution in [2.24, 2.45) is 0 Å². The average Bonchev–Trinajstić information content (AvgIpc) is 3.24. The molecule has 7 nitrogen and oxygen atoms in total. The zero-order chi connectivity index (χ0) is 20.1. The maximum atomic E-state index is 12.7. The highest BCUT2D eigenvalue weighted by Crippen LogP contribution is 2.29. The van der Waals surface area contributed by atoms with Gasteiger partial charge in [0.1, 0.15) is 5.82 Å². The Hall–Kier alpha value is -2.02. The van der Waals surface area contributed by atoms with Gasteiger partial charge in [-0.15, -0.1) is 0 Å². The van der Waals surface area contributed by atoms with Crippen LogP contribution in [-0.4, -0.2) is 75.8 Å². The summed E-state index contributed by atoms with van der Waals surface area (Å²) in [5.74, 6) is 0.940. The van der Waals surface area contributed by atoms with Gasteiger partial charge < -0.3 is 9.80 Å². The molecule has 0 bridgehead atoms. The van der Waals surface area contributed by atoms with Crippen molar-refractivity contribution in [3.8, 4) is 0 Å². The topological polar surface area (TPSA) is 69.6 Å². The van der Waals surface area contributed by atoms with Crippen molar-refractivity contribution in [2.75, 3.05) is 39.3 Å². The molecule has 0 N–H and O–H groups in total. The van der Waals surface area contributed by atoms with Crippen LogP contribution in [0, 0.1) is 6.92 Å². The molecule has 2 amide bonds. The summed E-state index contributed by atoms with van der Waals surface area (Å²) in [6.45, 7) is 10.3. The zero-order valence-electron chi connectivity index (χ0n) is 17.5.